The summed E-state index contributed by atoms with van der Waals surface area (Å²) < 4.78 is 5.48. The first-order valence-electron chi connectivity index (χ1n) is 29.1. The van der Waals surface area contributed by atoms with E-state index in [1.54, 1.807) is 0 Å². The van der Waals surface area contributed by atoms with Crippen molar-refractivity contribution in [1.82, 2.24) is 5.32 Å². The van der Waals surface area contributed by atoms with Gasteiger partial charge in [0.25, 0.3) is 0 Å². The van der Waals surface area contributed by atoms with Gasteiger partial charge in [0.05, 0.1) is 25.4 Å². The number of carbonyl (C=O) groups excluding carboxylic acids is 2. The van der Waals surface area contributed by atoms with Crippen LogP contribution in [0.4, 0.5) is 0 Å². The van der Waals surface area contributed by atoms with Crippen molar-refractivity contribution >= 4 is 11.9 Å². The highest BCUT2D eigenvalue weighted by molar-refractivity contribution is 5.76. The monoisotopic (exact) mass is 916 g/mol. The smallest absolute Gasteiger partial charge is 0.305 e. The summed E-state index contributed by atoms with van der Waals surface area (Å²) in [5.74, 6) is -0.0759. The molecule has 0 saturated carbocycles. The molecule has 384 valence electrons. The second-order valence-corrected chi connectivity index (χ2v) is 20.0. The van der Waals surface area contributed by atoms with Crippen LogP contribution in [0, 0.1) is 0 Å². The molecular formula is C59H113NO5. The average Bonchev–Trinajstić information content (AvgIpc) is 3.31. The van der Waals surface area contributed by atoms with Crippen molar-refractivity contribution in [3.8, 4) is 0 Å². The molecule has 0 aromatic heterocycles. The number of aliphatic hydroxyl groups excluding tert-OH is 2. The number of esters is 1. The number of aliphatic hydroxyl groups is 2. The molecule has 0 saturated heterocycles. The molecule has 0 rings (SSSR count). The Kier molecular flexibility index (Phi) is 53.5. The Morgan fingerprint density at radius 2 is 0.723 bits per heavy atom. The van der Waals surface area contributed by atoms with Crippen LogP contribution in [0.3, 0.4) is 0 Å². The summed E-state index contributed by atoms with van der Waals surface area (Å²) in [5.41, 5.74) is 0. The Balaban J connectivity index is 3.47. The standard InChI is InChI=1S/C59H113NO5/c1-3-5-7-9-11-13-15-17-19-21-22-23-25-29-33-37-41-45-49-53-59(64)65-54-50-46-42-38-34-30-26-28-32-36-40-44-48-52-58(63)60-56(55-61)57(62)51-47-43-39-35-31-27-24-20-18-16-14-12-10-8-6-4-2/h17,19,28,32,56-57,61-62H,3-16,18,20-27,29-31,33-55H2,1-2H3,(H,60,63)/b19-17-,32-28-. The highest BCUT2D eigenvalue weighted by Crippen LogP contribution is 2.17. The quantitative estimate of drug-likeness (QED) is 0.0321. The normalized spacial score (nSPS) is 12.7. The zero-order chi connectivity index (χ0) is 47.2. The van der Waals surface area contributed by atoms with Gasteiger partial charge in [-0.2, -0.15) is 0 Å². The fraction of sp³-hybridized carbons (Fsp3) is 0.898. The summed E-state index contributed by atoms with van der Waals surface area (Å²) in [6, 6.07) is -0.562. The summed E-state index contributed by atoms with van der Waals surface area (Å²) in [6.07, 6.45) is 65.9. The molecular weight excluding hydrogens is 803 g/mol. The van der Waals surface area contributed by atoms with Crippen LogP contribution in [0.1, 0.15) is 316 Å². The molecule has 0 spiro atoms. The average molecular weight is 917 g/mol. The van der Waals surface area contributed by atoms with Gasteiger partial charge in [0.1, 0.15) is 0 Å². The van der Waals surface area contributed by atoms with Crippen molar-refractivity contribution in [1.29, 1.82) is 0 Å². The van der Waals surface area contributed by atoms with E-state index in [1.165, 1.54) is 212 Å². The van der Waals surface area contributed by atoms with Gasteiger partial charge in [-0.3, -0.25) is 9.59 Å². The van der Waals surface area contributed by atoms with Gasteiger partial charge in [-0.25, -0.2) is 0 Å². The van der Waals surface area contributed by atoms with Crippen LogP contribution in [0.2, 0.25) is 0 Å². The van der Waals surface area contributed by atoms with Crippen molar-refractivity contribution < 1.29 is 24.5 Å². The number of allylic oxidation sites excluding steroid dienone is 4. The molecule has 0 aliphatic heterocycles. The van der Waals surface area contributed by atoms with Gasteiger partial charge in [-0.1, -0.05) is 250 Å². The fourth-order valence-corrected chi connectivity index (χ4v) is 8.98. The minimum Gasteiger partial charge on any atom is -0.466 e. The lowest BCUT2D eigenvalue weighted by Gasteiger charge is -2.22. The zero-order valence-electron chi connectivity index (χ0n) is 43.7. The van der Waals surface area contributed by atoms with Crippen LogP contribution in [0.15, 0.2) is 24.3 Å². The lowest BCUT2D eigenvalue weighted by Crippen LogP contribution is -2.45. The molecule has 0 aromatic carbocycles. The van der Waals surface area contributed by atoms with E-state index in [4.69, 9.17) is 4.74 Å². The zero-order valence-corrected chi connectivity index (χ0v) is 43.7. The van der Waals surface area contributed by atoms with E-state index in [0.29, 0.717) is 25.9 Å². The molecule has 0 aliphatic carbocycles. The molecule has 0 heterocycles. The van der Waals surface area contributed by atoms with Gasteiger partial charge in [0.2, 0.25) is 5.91 Å². The van der Waals surface area contributed by atoms with Crippen molar-refractivity contribution in [3.63, 3.8) is 0 Å². The van der Waals surface area contributed by atoms with Gasteiger partial charge in [0.15, 0.2) is 0 Å². The number of nitrogens with one attached hydrogen (secondary N) is 1. The number of carbonyl (C=O) groups is 2. The molecule has 0 fully saturated rings. The lowest BCUT2D eigenvalue weighted by atomic mass is 10.0. The molecule has 0 aliphatic rings. The van der Waals surface area contributed by atoms with Crippen LogP contribution in [0.25, 0.3) is 0 Å². The van der Waals surface area contributed by atoms with Crippen molar-refractivity contribution in [2.75, 3.05) is 13.2 Å². The van der Waals surface area contributed by atoms with Gasteiger partial charge >= 0.3 is 5.97 Å². The first-order chi connectivity index (χ1) is 32.0. The maximum Gasteiger partial charge on any atom is 0.305 e. The van der Waals surface area contributed by atoms with Crippen LogP contribution < -0.4 is 5.32 Å². The maximum atomic E-state index is 12.5. The van der Waals surface area contributed by atoms with E-state index < -0.39 is 12.1 Å². The van der Waals surface area contributed by atoms with Crippen molar-refractivity contribution in [2.24, 2.45) is 0 Å². The molecule has 6 heteroatoms. The number of rotatable bonds is 54. The van der Waals surface area contributed by atoms with E-state index in [0.717, 1.165) is 70.6 Å². The third-order valence-electron chi connectivity index (χ3n) is 13.5. The third kappa shape index (κ3) is 51.6. The number of hydrogen-bond donors (Lipinski definition) is 3. The van der Waals surface area contributed by atoms with Crippen LogP contribution in [-0.4, -0.2) is 47.4 Å². The minimum atomic E-state index is -0.681. The third-order valence-corrected chi connectivity index (χ3v) is 13.5. The molecule has 2 unspecified atom stereocenters. The van der Waals surface area contributed by atoms with E-state index in [1.807, 2.05) is 0 Å². The summed E-state index contributed by atoms with van der Waals surface area (Å²) in [6.45, 7) is 4.92. The summed E-state index contributed by atoms with van der Waals surface area (Å²) in [5, 5.41) is 23.3. The van der Waals surface area contributed by atoms with Gasteiger partial charge in [0, 0.05) is 12.8 Å². The Bertz CT molecular complexity index is 1010. The highest BCUT2D eigenvalue weighted by Gasteiger charge is 2.20. The van der Waals surface area contributed by atoms with E-state index in [-0.39, 0.29) is 18.5 Å². The second kappa shape index (κ2) is 54.9. The van der Waals surface area contributed by atoms with Gasteiger partial charge < -0.3 is 20.3 Å². The van der Waals surface area contributed by atoms with Crippen LogP contribution in [-0.2, 0) is 14.3 Å². The molecule has 6 nitrogen and oxygen atoms in total. The first-order valence-corrected chi connectivity index (χ1v) is 29.1. The van der Waals surface area contributed by atoms with E-state index in [2.05, 4.69) is 43.5 Å². The van der Waals surface area contributed by atoms with E-state index >= 15 is 0 Å². The van der Waals surface area contributed by atoms with Crippen molar-refractivity contribution in [2.45, 2.75) is 328 Å². The largest absolute Gasteiger partial charge is 0.466 e. The molecule has 3 N–H and O–H groups in total. The highest BCUT2D eigenvalue weighted by atomic mass is 16.5. The lowest BCUT2D eigenvalue weighted by molar-refractivity contribution is -0.143. The second-order valence-electron chi connectivity index (χ2n) is 20.0. The van der Waals surface area contributed by atoms with Gasteiger partial charge in [-0.05, 0) is 77.0 Å². The molecule has 0 radical (unpaired) electrons. The molecule has 0 bridgehead atoms. The maximum absolute atomic E-state index is 12.5. The molecule has 1 amide bonds. The summed E-state index contributed by atoms with van der Waals surface area (Å²) >= 11 is 0. The Morgan fingerprint density at radius 3 is 1.11 bits per heavy atom. The Labute approximate surface area is 405 Å². The summed E-state index contributed by atoms with van der Waals surface area (Å²) in [4.78, 5) is 24.6. The predicted molar refractivity (Wildman–Crippen MR) is 283 cm³/mol. The summed E-state index contributed by atoms with van der Waals surface area (Å²) in [7, 11) is 0. The first kappa shape index (κ1) is 63.3. The number of ether oxygens (including phenoxy) is 1. The number of unbranched alkanes of at least 4 members (excludes halogenated alkanes) is 39. The number of amides is 1. The Hall–Kier alpha value is -1.66. The van der Waals surface area contributed by atoms with Crippen molar-refractivity contribution in [3.05, 3.63) is 24.3 Å². The van der Waals surface area contributed by atoms with E-state index in [9.17, 15) is 19.8 Å². The Morgan fingerprint density at radius 1 is 0.415 bits per heavy atom. The van der Waals surface area contributed by atoms with Crippen LogP contribution in [0.5, 0.6) is 0 Å². The molecule has 0 aromatic rings. The predicted octanol–water partition coefficient (Wildman–Crippen LogP) is 17.9. The van der Waals surface area contributed by atoms with Crippen LogP contribution >= 0.6 is 0 Å². The molecule has 2 atom stereocenters. The topological polar surface area (TPSA) is 95.9 Å². The number of hydrogen-bond acceptors (Lipinski definition) is 5. The minimum absolute atomic E-state index is 0.0126. The fourth-order valence-electron chi connectivity index (χ4n) is 8.98. The molecule has 65 heavy (non-hydrogen) atoms. The van der Waals surface area contributed by atoms with Gasteiger partial charge in [-0.15, -0.1) is 0 Å². The SMILES string of the molecule is CCCCCCCC/C=C\CCCCCCCCCCCC(=O)OCCCCCCCC/C=C\CCCCCC(=O)NC(CO)C(O)CCCCCCCCCCCCCCCCCC.